The number of benzene rings is 1. The van der Waals surface area contributed by atoms with Crippen LogP contribution in [-0.4, -0.2) is 37.5 Å². The number of rotatable bonds is 6. The molecule has 5 heteroatoms. The number of anilines is 1. The normalized spacial score (nSPS) is 16.5. The van der Waals surface area contributed by atoms with Crippen LogP contribution in [0, 0.1) is 5.92 Å². The van der Waals surface area contributed by atoms with E-state index in [1.54, 1.807) is 0 Å². The minimum absolute atomic E-state index is 0. The van der Waals surface area contributed by atoms with Crippen LogP contribution in [0.3, 0.4) is 0 Å². The van der Waals surface area contributed by atoms with Gasteiger partial charge in [-0.25, -0.2) is 0 Å². The van der Waals surface area contributed by atoms with Gasteiger partial charge in [-0.1, -0.05) is 19.1 Å². The molecule has 0 saturated heterocycles. The average molecular weight is 402 g/mol. The SMILES string of the molecule is CCc1ccc(NC(N)=NCC(C2CC2)N(C)C)cc1.I. The van der Waals surface area contributed by atoms with E-state index in [0.29, 0.717) is 12.0 Å². The molecule has 1 aliphatic rings. The third-order valence-corrected chi connectivity index (χ3v) is 3.91. The minimum atomic E-state index is 0. The predicted molar refractivity (Wildman–Crippen MR) is 102 cm³/mol. The maximum absolute atomic E-state index is 5.97. The van der Waals surface area contributed by atoms with Gasteiger partial charge < -0.3 is 16.0 Å². The van der Waals surface area contributed by atoms with Gasteiger partial charge in [0.25, 0.3) is 0 Å². The van der Waals surface area contributed by atoms with Gasteiger partial charge in [0.05, 0.1) is 6.54 Å². The Morgan fingerprint density at radius 3 is 2.43 bits per heavy atom. The summed E-state index contributed by atoms with van der Waals surface area (Å²) in [4.78, 5) is 6.74. The molecule has 1 aliphatic carbocycles. The molecule has 4 nitrogen and oxygen atoms in total. The summed E-state index contributed by atoms with van der Waals surface area (Å²) in [5.74, 6) is 1.30. The van der Waals surface area contributed by atoms with Crippen LogP contribution in [0.4, 0.5) is 5.69 Å². The van der Waals surface area contributed by atoms with E-state index < -0.39 is 0 Å². The fourth-order valence-corrected chi connectivity index (χ4v) is 2.42. The molecule has 1 aromatic carbocycles. The van der Waals surface area contributed by atoms with Crippen LogP contribution in [0.25, 0.3) is 0 Å². The molecule has 0 bridgehead atoms. The van der Waals surface area contributed by atoms with Gasteiger partial charge in [-0.2, -0.15) is 0 Å². The number of nitrogens with zero attached hydrogens (tertiary/aromatic N) is 2. The van der Waals surface area contributed by atoms with Crippen molar-refractivity contribution in [3.8, 4) is 0 Å². The topological polar surface area (TPSA) is 53.6 Å². The van der Waals surface area contributed by atoms with Crippen molar-refractivity contribution >= 4 is 35.6 Å². The first-order valence-electron chi connectivity index (χ1n) is 7.42. The molecule has 1 fully saturated rings. The Kier molecular flexibility index (Phi) is 7.45. The van der Waals surface area contributed by atoms with Gasteiger partial charge in [-0.15, -0.1) is 24.0 Å². The number of hydrogen-bond donors (Lipinski definition) is 2. The van der Waals surface area contributed by atoms with Crippen molar-refractivity contribution in [2.45, 2.75) is 32.2 Å². The maximum atomic E-state index is 5.97. The van der Waals surface area contributed by atoms with Crippen molar-refractivity contribution in [2.24, 2.45) is 16.6 Å². The molecule has 0 radical (unpaired) electrons. The van der Waals surface area contributed by atoms with Gasteiger partial charge in [-0.05, 0) is 57.0 Å². The fraction of sp³-hybridized carbons (Fsp3) is 0.562. The lowest BCUT2D eigenvalue weighted by molar-refractivity contribution is 0.271. The van der Waals surface area contributed by atoms with Crippen LogP contribution < -0.4 is 11.1 Å². The van der Waals surface area contributed by atoms with Crippen molar-refractivity contribution in [3.05, 3.63) is 29.8 Å². The first-order chi connectivity index (χ1) is 9.60. The smallest absolute Gasteiger partial charge is 0.193 e. The van der Waals surface area contributed by atoms with E-state index in [1.807, 2.05) is 12.1 Å². The summed E-state index contributed by atoms with van der Waals surface area (Å²) in [7, 11) is 4.23. The number of nitrogens with two attached hydrogens (primary N) is 1. The lowest BCUT2D eigenvalue weighted by Crippen LogP contribution is -2.34. The molecule has 0 aliphatic heterocycles. The standard InChI is InChI=1S/C16H26N4.HI/c1-4-12-5-9-14(10-6-12)19-16(17)18-11-15(20(2)3)13-7-8-13;/h5-6,9-10,13,15H,4,7-8,11H2,1-3H3,(H3,17,18,19);1H. The third kappa shape index (κ3) is 5.82. The van der Waals surface area contributed by atoms with Crippen molar-refractivity contribution < 1.29 is 0 Å². The summed E-state index contributed by atoms with van der Waals surface area (Å²) < 4.78 is 0. The van der Waals surface area contributed by atoms with Gasteiger partial charge in [0.2, 0.25) is 0 Å². The first kappa shape index (κ1) is 18.2. The molecule has 0 aromatic heterocycles. The van der Waals surface area contributed by atoms with Crippen molar-refractivity contribution in [1.82, 2.24) is 4.90 Å². The number of aryl methyl sites for hydroxylation is 1. The molecular formula is C16H27IN4. The molecular weight excluding hydrogens is 375 g/mol. The molecule has 0 amide bonds. The lowest BCUT2D eigenvalue weighted by atomic mass is 10.1. The zero-order valence-corrected chi connectivity index (χ0v) is 15.5. The van der Waals surface area contributed by atoms with Crippen molar-refractivity contribution in [1.29, 1.82) is 0 Å². The molecule has 2 rings (SSSR count). The number of guanidine groups is 1. The van der Waals surface area contributed by atoms with E-state index in [2.05, 4.69) is 48.4 Å². The van der Waals surface area contributed by atoms with Gasteiger partial charge in [0.1, 0.15) is 0 Å². The van der Waals surface area contributed by atoms with E-state index in [9.17, 15) is 0 Å². The highest BCUT2D eigenvalue weighted by Crippen LogP contribution is 2.34. The Hall–Kier alpha value is -0.820. The minimum Gasteiger partial charge on any atom is -0.370 e. The van der Waals surface area contributed by atoms with Crippen LogP contribution in [0.1, 0.15) is 25.3 Å². The second-order valence-corrected chi connectivity index (χ2v) is 5.77. The Morgan fingerprint density at radius 1 is 1.33 bits per heavy atom. The highest BCUT2D eigenvalue weighted by atomic mass is 127. The summed E-state index contributed by atoms with van der Waals surface area (Å²) in [6.07, 6.45) is 3.70. The summed E-state index contributed by atoms with van der Waals surface area (Å²) in [6, 6.07) is 8.83. The van der Waals surface area contributed by atoms with Crippen molar-refractivity contribution in [2.75, 3.05) is 26.0 Å². The zero-order chi connectivity index (χ0) is 14.5. The van der Waals surface area contributed by atoms with Gasteiger partial charge in [0.15, 0.2) is 5.96 Å². The summed E-state index contributed by atoms with van der Waals surface area (Å²) in [5.41, 5.74) is 8.29. The Bertz CT molecular complexity index is 450. The third-order valence-electron chi connectivity index (χ3n) is 3.91. The van der Waals surface area contributed by atoms with Crippen molar-refractivity contribution in [3.63, 3.8) is 0 Å². The second kappa shape index (κ2) is 8.58. The lowest BCUT2D eigenvalue weighted by Gasteiger charge is -2.22. The number of likely N-dealkylation sites (N-methyl/N-ethyl adjacent to an activating group) is 1. The van der Waals surface area contributed by atoms with E-state index in [0.717, 1.165) is 24.6 Å². The molecule has 1 saturated carbocycles. The predicted octanol–water partition coefficient (Wildman–Crippen LogP) is 2.93. The van der Waals surface area contributed by atoms with E-state index in [1.165, 1.54) is 18.4 Å². The summed E-state index contributed by atoms with van der Waals surface area (Å²) >= 11 is 0. The van der Waals surface area contributed by atoms with Crippen LogP contribution in [0.5, 0.6) is 0 Å². The molecule has 21 heavy (non-hydrogen) atoms. The molecule has 1 atom stereocenters. The molecule has 1 unspecified atom stereocenters. The number of aliphatic imine (C=N–C) groups is 1. The highest BCUT2D eigenvalue weighted by molar-refractivity contribution is 14.0. The second-order valence-electron chi connectivity index (χ2n) is 5.77. The molecule has 118 valence electrons. The van der Waals surface area contributed by atoms with Gasteiger partial charge in [0, 0.05) is 11.7 Å². The Labute approximate surface area is 145 Å². The zero-order valence-electron chi connectivity index (χ0n) is 13.2. The van der Waals surface area contributed by atoms with Gasteiger partial charge in [-0.3, -0.25) is 4.99 Å². The molecule has 3 N–H and O–H groups in total. The summed E-state index contributed by atoms with van der Waals surface area (Å²) in [5, 5.41) is 3.16. The number of nitrogens with one attached hydrogen (secondary N) is 1. The van der Waals surface area contributed by atoms with Gasteiger partial charge >= 0.3 is 0 Å². The quantitative estimate of drug-likeness (QED) is 0.437. The first-order valence-corrected chi connectivity index (χ1v) is 7.42. The largest absolute Gasteiger partial charge is 0.370 e. The van der Waals surface area contributed by atoms with Crippen LogP contribution in [0.15, 0.2) is 29.3 Å². The fourth-order valence-electron chi connectivity index (χ4n) is 2.42. The molecule has 0 heterocycles. The number of hydrogen-bond acceptors (Lipinski definition) is 2. The maximum Gasteiger partial charge on any atom is 0.193 e. The van der Waals surface area contributed by atoms with Crippen LogP contribution >= 0.6 is 24.0 Å². The highest BCUT2D eigenvalue weighted by Gasteiger charge is 2.32. The molecule has 1 aromatic rings. The van der Waals surface area contributed by atoms with E-state index in [-0.39, 0.29) is 24.0 Å². The van der Waals surface area contributed by atoms with Crippen LogP contribution in [0.2, 0.25) is 0 Å². The monoisotopic (exact) mass is 402 g/mol. The Balaban J connectivity index is 0.00000220. The number of halogens is 1. The average Bonchev–Trinajstić information content (AvgIpc) is 3.24. The Morgan fingerprint density at radius 2 is 1.95 bits per heavy atom. The molecule has 0 spiro atoms. The van der Waals surface area contributed by atoms with E-state index >= 15 is 0 Å². The summed E-state index contributed by atoms with van der Waals surface area (Å²) in [6.45, 7) is 2.92. The van der Waals surface area contributed by atoms with Crippen LogP contribution in [-0.2, 0) is 6.42 Å². The van der Waals surface area contributed by atoms with E-state index in [4.69, 9.17) is 5.73 Å².